The number of halogens is 2. The van der Waals surface area contributed by atoms with Crippen LogP contribution in [0.2, 0.25) is 0 Å². The number of benzene rings is 3. The highest BCUT2D eigenvalue weighted by Gasteiger charge is 2.12. The second-order valence-corrected chi connectivity index (χ2v) is 9.81. The third-order valence-corrected chi connectivity index (χ3v) is 6.34. The van der Waals surface area contributed by atoms with Gasteiger partial charge in [0.15, 0.2) is 0 Å². The summed E-state index contributed by atoms with van der Waals surface area (Å²) in [5, 5.41) is 6.56. The molecule has 4 nitrogen and oxygen atoms in total. The average Bonchev–Trinajstić information content (AvgIpc) is 3.05. The molecule has 0 radical (unpaired) electrons. The molecule has 156 valence electrons. The van der Waals surface area contributed by atoms with Gasteiger partial charge in [-0.05, 0) is 99.6 Å². The molecule has 6 heteroatoms. The van der Waals surface area contributed by atoms with Gasteiger partial charge in [-0.2, -0.15) is 5.10 Å². The molecule has 31 heavy (non-hydrogen) atoms. The Bertz CT molecular complexity index is 1250. The molecule has 1 heterocycles. The van der Waals surface area contributed by atoms with Crippen LogP contribution in [0, 0.1) is 7.14 Å². The molecule has 4 aromatic rings. The molecule has 4 rings (SSSR count). The predicted molar refractivity (Wildman–Crippen MR) is 146 cm³/mol. The molecule has 3 aromatic carbocycles. The van der Waals surface area contributed by atoms with Crippen molar-refractivity contribution in [2.24, 2.45) is 5.10 Å². The van der Waals surface area contributed by atoms with Gasteiger partial charge < -0.3 is 4.57 Å². The van der Waals surface area contributed by atoms with E-state index in [9.17, 15) is 4.79 Å². The molecule has 0 aliphatic rings. The largest absolute Gasteiger partial charge is 0.340 e. The van der Waals surface area contributed by atoms with Gasteiger partial charge in [0.05, 0.1) is 6.21 Å². The van der Waals surface area contributed by atoms with E-state index in [-0.39, 0.29) is 5.91 Å². The van der Waals surface area contributed by atoms with Crippen LogP contribution in [0.1, 0.15) is 18.9 Å². The zero-order valence-corrected chi connectivity index (χ0v) is 21.3. The highest BCUT2D eigenvalue weighted by Crippen LogP contribution is 2.31. The van der Waals surface area contributed by atoms with Crippen LogP contribution in [0.3, 0.4) is 0 Å². The van der Waals surface area contributed by atoms with E-state index in [4.69, 9.17) is 0 Å². The van der Waals surface area contributed by atoms with Crippen LogP contribution in [0.5, 0.6) is 0 Å². The van der Waals surface area contributed by atoms with E-state index in [2.05, 4.69) is 96.7 Å². The van der Waals surface area contributed by atoms with Crippen LogP contribution < -0.4 is 5.43 Å². The fraction of sp³-hybridized carbons (Fsp3) is 0.120. The number of nitrogens with one attached hydrogen (secondary N) is 1. The minimum absolute atomic E-state index is 0.102. The lowest BCUT2D eigenvalue weighted by Crippen LogP contribution is -2.19. The summed E-state index contributed by atoms with van der Waals surface area (Å²) < 4.78 is 4.63. The minimum Gasteiger partial charge on any atom is -0.340 e. The zero-order valence-electron chi connectivity index (χ0n) is 17.0. The third-order valence-electron chi connectivity index (χ3n) is 5.00. The highest BCUT2D eigenvalue weighted by molar-refractivity contribution is 14.1. The van der Waals surface area contributed by atoms with Crippen molar-refractivity contribution in [3.8, 4) is 0 Å². The van der Waals surface area contributed by atoms with Crippen molar-refractivity contribution in [2.45, 2.75) is 19.9 Å². The Morgan fingerprint density at radius 3 is 2.19 bits per heavy atom. The first-order valence-corrected chi connectivity index (χ1v) is 12.1. The van der Waals surface area contributed by atoms with Gasteiger partial charge in [-0.3, -0.25) is 4.79 Å². The van der Waals surface area contributed by atoms with Crippen molar-refractivity contribution < 1.29 is 4.79 Å². The van der Waals surface area contributed by atoms with Gasteiger partial charge in [-0.1, -0.05) is 36.4 Å². The normalized spacial score (nSPS) is 12.2. The van der Waals surface area contributed by atoms with Crippen LogP contribution in [0.4, 0.5) is 0 Å². The Kier molecular flexibility index (Phi) is 7.06. The molecule has 0 unspecified atom stereocenters. The van der Waals surface area contributed by atoms with E-state index in [1.807, 2.05) is 43.3 Å². The number of hydrogen-bond donors (Lipinski definition) is 1. The van der Waals surface area contributed by atoms with Gasteiger partial charge in [0.1, 0.15) is 0 Å². The molecule has 0 fully saturated rings. The molecule has 0 aliphatic heterocycles. The number of aromatic nitrogens is 1. The van der Waals surface area contributed by atoms with Gasteiger partial charge in [0.2, 0.25) is 5.91 Å². The van der Waals surface area contributed by atoms with Crippen molar-refractivity contribution in [1.82, 2.24) is 9.99 Å². The summed E-state index contributed by atoms with van der Waals surface area (Å²) in [6, 6.07) is 22.9. The smallest absolute Gasteiger partial charge is 0.241 e. The number of hydrazone groups is 1. The zero-order chi connectivity index (χ0) is 21.8. The van der Waals surface area contributed by atoms with Crippen molar-refractivity contribution in [3.05, 3.63) is 85.0 Å². The topological polar surface area (TPSA) is 46.4 Å². The molecule has 0 saturated heterocycles. The van der Waals surface area contributed by atoms with Crippen LogP contribution >= 0.6 is 45.2 Å². The Labute approximate surface area is 208 Å². The Morgan fingerprint density at radius 2 is 1.58 bits per heavy atom. The Morgan fingerprint density at radius 1 is 0.968 bits per heavy atom. The number of fused-ring (bicyclic) bond motifs is 3. The SMILES string of the molecule is CC(/C=N\NC(=O)CCn1c2ccc(I)cc2c2cc(I)ccc21)=C\c1ccccc1. The lowest BCUT2D eigenvalue weighted by atomic mass is 10.1. The highest BCUT2D eigenvalue weighted by atomic mass is 127. The molecule has 1 amide bonds. The fourth-order valence-electron chi connectivity index (χ4n) is 3.61. The van der Waals surface area contributed by atoms with Crippen molar-refractivity contribution in [3.63, 3.8) is 0 Å². The number of carbonyl (C=O) groups excluding carboxylic acids is 1. The van der Waals surface area contributed by atoms with Gasteiger partial charge in [-0.15, -0.1) is 0 Å². The maximum atomic E-state index is 12.4. The third kappa shape index (κ3) is 5.35. The molecule has 1 aromatic heterocycles. The van der Waals surface area contributed by atoms with Gasteiger partial charge in [-0.25, -0.2) is 5.43 Å². The monoisotopic (exact) mass is 633 g/mol. The first-order chi connectivity index (χ1) is 15.0. The molecule has 0 atom stereocenters. The molecular weight excluding hydrogens is 612 g/mol. The molecule has 0 aliphatic carbocycles. The van der Waals surface area contributed by atoms with Crippen LogP contribution in [-0.2, 0) is 11.3 Å². The number of nitrogens with zero attached hydrogens (tertiary/aromatic N) is 2. The second-order valence-electron chi connectivity index (χ2n) is 7.32. The molecule has 0 spiro atoms. The summed E-state index contributed by atoms with van der Waals surface area (Å²) in [6.45, 7) is 2.56. The van der Waals surface area contributed by atoms with Crippen LogP contribution in [-0.4, -0.2) is 16.7 Å². The van der Waals surface area contributed by atoms with Gasteiger partial charge in [0.25, 0.3) is 0 Å². The number of amides is 1. The maximum absolute atomic E-state index is 12.4. The van der Waals surface area contributed by atoms with Crippen LogP contribution in [0.25, 0.3) is 27.9 Å². The fourth-order valence-corrected chi connectivity index (χ4v) is 4.60. The molecule has 0 saturated carbocycles. The first-order valence-electron chi connectivity index (χ1n) is 9.93. The van der Waals surface area contributed by atoms with E-state index in [1.165, 1.54) is 17.9 Å². The lowest BCUT2D eigenvalue weighted by molar-refractivity contribution is -0.121. The van der Waals surface area contributed by atoms with Gasteiger partial charge in [0, 0.05) is 41.9 Å². The summed E-state index contributed by atoms with van der Waals surface area (Å²) in [5.41, 5.74) is 7.02. The first kappa shape index (κ1) is 22.0. The summed E-state index contributed by atoms with van der Waals surface area (Å²) in [7, 11) is 0. The minimum atomic E-state index is -0.102. The quantitative estimate of drug-likeness (QED) is 0.145. The Hall–Kier alpha value is -2.20. The molecular formula is C25H21I2N3O. The van der Waals surface area contributed by atoms with E-state index in [0.717, 1.165) is 22.2 Å². The van der Waals surface area contributed by atoms with Crippen molar-refractivity contribution in [2.75, 3.05) is 0 Å². The van der Waals surface area contributed by atoms with E-state index in [0.29, 0.717) is 13.0 Å². The number of carbonyl (C=O) groups is 1. The van der Waals surface area contributed by atoms with Crippen LogP contribution in [0.15, 0.2) is 77.4 Å². The van der Waals surface area contributed by atoms with E-state index < -0.39 is 0 Å². The summed E-state index contributed by atoms with van der Waals surface area (Å²) >= 11 is 4.68. The number of hydrogen-bond acceptors (Lipinski definition) is 2. The Balaban J connectivity index is 1.46. The van der Waals surface area contributed by atoms with Crippen molar-refractivity contribution in [1.29, 1.82) is 0 Å². The second kappa shape index (κ2) is 9.95. The summed E-state index contributed by atoms with van der Waals surface area (Å²) in [6.07, 6.45) is 4.06. The predicted octanol–water partition coefficient (Wildman–Crippen LogP) is 6.60. The molecule has 0 bridgehead atoms. The lowest BCUT2D eigenvalue weighted by Gasteiger charge is -2.07. The number of rotatable bonds is 6. The van der Waals surface area contributed by atoms with E-state index in [1.54, 1.807) is 6.21 Å². The number of allylic oxidation sites excluding steroid dienone is 1. The average molecular weight is 633 g/mol. The summed E-state index contributed by atoms with van der Waals surface area (Å²) in [4.78, 5) is 12.4. The summed E-state index contributed by atoms with van der Waals surface area (Å²) in [5.74, 6) is -0.102. The van der Waals surface area contributed by atoms with Crippen molar-refractivity contribution >= 4 is 85.2 Å². The van der Waals surface area contributed by atoms with E-state index >= 15 is 0 Å². The maximum Gasteiger partial charge on any atom is 0.241 e. The standard InChI is InChI=1S/C25H21I2N3O/c1-17(13-18-5-3-2-4-6-18)16-28-29-25(31)11-12-30-23-9-7-19(26)14-21(23)22-15-20(27)8-10-24(22)30/h2-10,13-16H,11-12H2,1H3,(H,29,31)/b17-13+,28-16-. The van der Waals surface area contributed by atoms with Gasteiger partial charge >= 0.3 is 0 Å². The number of aryl methyl sites for hydroxylation is 1. The molecule has 1 N–H and O–H groups in total.